The van der Waals surface area contributed by atoms with Crippen LogP contribution in [-0.4, -0.2) is 44.0 Å². The molecular formula is C18H27N3O3. The predicted molar refractivity (Wildman–Crippen MR) is 95.7 cm³/mol. The van der Waals surface area contributed by atoms with E-state index in [-0.39, 0.29) is 13.2 Å². The molecule has 0 spiro atoms. The second-order valence-corrected chi connectivity index (χ2v) is 5.54. The van der Waals surface area contributed by atoms with Crippen LogP contribution in [0.3, 0.4) is 0 Å². The average Bonchev–Trinajstić information content (AvgIpc) is 3.11. The number of hydrogen-bond acceptors (Lipinski definition) is 4. The Kier molecular flexibility index (Phi) is 7.42. The molecule has 1 aliphatic rings. The number of nitrogens with one attached hydrogen (secondary N) is 2. The summed E-state index contributed by atoms with van der Waals surface area (Å²) in [6, 6.07) is 6.14. The number of aliphatic hydroxyl groups is 1. The van der Waals surface area contributed by atoms with Crippen LogP contribution < -0.4 is 20.1 Å². The van der Waals surface area contributed by atoms with Crippen molar-refractivity contribution in [3.8, 4) is 11.5 Å². The standard InChI is InChI=1S/C18H27N3O3/c1-3-19-18(21-15-6-4-5-7-15)20-13-14-8-9-16(24-11-10-22)17(12-14)23-2/h4-5,8-9,12,15,22H,3,6-7,10-11,13H2,1-2H3,(H2,19,20,21). The molecule has 1 aromatic carbocycles. The summed E-state index contributed by atoms with van der Waals surface area (Å²) in [6.45, 7) is 3.65. The molecule has 0 radical (unpaired) electrons. The summed E-state index contributed by atoms with van der Waals surface area (Å²) < 4.78 is 10.8. The van der Waals surface area contributed by atoms with Gasteiger partial charge in [-0.05, 0) is 37.5 Å². The Balaban J connectivity index is 2.01. The number of guanidine groups is 1. The molecule has 0 unspecified atom stereocenters. The van der Waals surface area contributed by atoms with Gasteiger partial charge in [0.05, 0.1) is 20.3 Å². The van der Waals surface area contributed by atoms with Gasteiger partial charge in [-0.25, -0.2) is 4.99 Å². The molecule has 0 heterocycles. The van der Waals surface area contributed by atoms with E-state index in [4.69, 9.17) is 14.6 Å². The van der Waals surface area contributed by atoms with E-state index in [1.807, 2.05) is 18.2 Å². The fourth-order valence-electron chi connectivity index (χ4n) is 2.50. The summed E-state index contributed by atoms with van der Waals surface area (Å²) in [5.74, 6) is 2.10. The van der Waals surface area contributed by atoms with E-state index >= 15 is 0 Å². The topological polar surface area (TPSA) is 75.1 Å². The summed E-state index contributed by atoms with van der Waals surface area (Å²) in [7, 11) is 1.60. The first-order valence-corrected chi connectivity index (χ1v) is 8.37. The van der Waals surface area contributed by atoms with Gasteiger partial charge in [0.1, 0.15) is 6.61 Å². The first kappa shape index (κ1) is 18.1. The maximum Gasteiger partial charge on any atom is 0.191 e. The molecule has 0 amide bonds. The number of methoxy groups -OCH3 is 1. The van der Waals surface area contributed by atoms with Gasteiger partial charge < -0.3 is 25.2 Å². The highest BCUT2D eigenvalue weighted by Crippen LogP contribution is 2.28. The van der Waals surface area contributed by atoms with E-state index in [1.165, 1.54) is 0 Å². The quantitative estimate of drug-likeness (QED) is 0.384. The fraction of sp³-hybridized carbons (Fsp3) is 0.500. The number of aliphatic hydroxyl groups excluding tert-OH is 1. The van der Waals surface area contributed by atoms with Gasteiger partial charge in [0.2, 0.25) is 0 Å². The molecule has 132 valence electrons. The average molecular weight is 333 g/mol. The van der Waals surface area contributed by atoms with Gasteiger partial charge >= 0.3 is 0 Å². The molecule has 0 aromatic heterocycles. The summed E-state index contributed by atoms with van der Waals surface area (Å²) in [4.78, 5) is 4.64. The molecular weight excluding hydrogens is 306 g/mol. The van der Waals surface area contributed by atoms with Crippen LogP contribution >= 0.6 is 0 Å². The minimum atomic E-state index is -0.0249. The summed E-state index contributed by atoms with van der Waals surface area (Å²) in [6.07, 6.45) is 6.46. The molecule has 6 nitrogen and oxygen atoms in total. The fourth-order valence-corrected chi connectivity index (χ4v) is 2.50. The van der Waals surface area contributed by atoms with Crippen molar-refractivity contribution >= 4 is 5.96 Å². The number of aliphatic imine (C=N–C) groups is 1. The molecule has 1 aromatic rings. The minimum Gasteiger partial charge on any atom is -0.493 e. The van der Waals surface area contributed by atoms with Gasteiger partial charge in [0.15, 0.2) is 17.5 Å². The third-order valence-corrected chi connectivity index (χ3v) is 3.69. The van der Waals surface area contributed by atoms with Gasteiger partial charge in [-0.2, -0.15) is 0 Å². The molecule has 0 aliphatic heterocycles. The maximum atomic E-state index is 8.86. The zero-order chi connectivity index (χ0) is 17.2. The molecule has 6 heteroatoms. The van der Waals surface area contributed by atoms with Crippen molar-refractivity contribution in [2.45, 2.75) is 32.4 Å². The summed E-state index contributed by atoms with van der Waals surface area (Å²) >= 11 is 0. The van der Waals surface area contributed by atoms with Crippen LogP contribution in [0, 0.1) is 0 Å². The van der Waals surface area contributed by atoms with E-state index in [9.17, 15) is 0 Å². The second-order valence-electron chi connectivity index (χ2n) is 5.54. The second kappa shape index (κ2) is 9.82. The summed E-state index contributed by atoms with van der Waals surface area (Å²) in [5, 5.41) is 15.6. The van der Waals surface area contributed by atoms with E-state index < -0.39 is 0 Å². The van der Waals surface area contributed by atoms with Crippen LogP contribution in [0.2, 0.25) is 0 Å². The smallest absolute Gasteiger partial charge is 0.191 e. The van der Waals surface area contributed by atoms with Crippen LogP contribution in [0.5, 0.6) is 11.5 Å². The van der Waals surface area contributed by atoms with E-state index in [0.29, 0.717) is 24.1 Å². The molecule has 0 bridgehead atoms. The molecule has 3 N–H and O–H groups in total. The Hall–Kier alpha value is -2.21. The molecule has 1 aliphatic carbocycles. The van der Waals surface area contributed by atoms with Gasteiger partial charge in [0.25, 0.3) is 0 Å². The van der Waals surface area contributed by atoms with Crippen molar-refractivity contribution < 1.29 is 14.6 Å². The van der Waals surface area contributed by atoms with Crippen LogP contribution in [-0.2, 0) is 6.54 Å². The lowest BCUT2D eigenvalue weighted by molar-refractivity contribution is 0.196. The maximum absolute atomic E-state index is 8.86. The molecule has 0 saturated heterocycles. The van der Waals surface area contributed by atoms with Crippen molar-refractivity contribution in [1.82, 2.24) is 10.6 Å². The van der Waals surface area contributed by atoms with Crippen molar-refractivity contribution in [2.24, 2.45) is 4.99 Å². The van der Waals surface area contributed by atoms with Gasteiger partial charge in [-0.1, -0.05) is 18.2 Å². The first-order chi connectivity index (χ1) is 11.8. The molecule has 2 rings (SSSR count). The normalized spacial score (nSPS) is 14.7. The minimum absolute atomic E-state index is 0.0249. The van der Waals surface area contributed by atoms with E-state index in [0.717, 1.165) is 30.9 Å². The van der Waals surface area contributed by atoms with Crippen molar-refractivity contribution in [1.29, 1.82) is 0 Å². The Morgan fingerprint density at radius 1 is 1.29 bits per heavy atom. The number of nitrogens with zero attached hydrogens (tertiary/aromatic N) is 1. The largest absolute Gasteiger partial charge is 0.493 e. The van der Waals surface area contributed by atoms with Crippen LogP contribution in [0.25, 0.3) is 0 Å². The predicted octanol–water partition coefficient (Wildman–Crippen LogP) is 1.84. The third kappa shape index (κ3) is 5.45. The number of rotatable bonds is 8. The zero-order valence-electron chi connectivity index (χ0n) is 14.4. The van der Waals surface area contributed by atoms with Crippen molar-refractivity contribution in [3.63, 3.8) is 0 Å². The monoisotopic (exact) mass is 333 g/mol. The van der Waals surface area contributed by atoms with Gasteiger partial charge in [-0.15, -0.1) is 0 Å². The number of benzene rings is 1. The molecule has 0 fully saturated rings. The third-order valence-electron chi connectivity index (χ3n) is 3.69. The molecule has 24 heavy (non-hydrogen) atoms. The van der Waals surface area contributed by atoms with Crippen LogP contribution in [0.4, 0.5) is 0 Å². The summed E-state index contributed by atoms with van der Waals surface area (Å²) in [5.41, 5.74) is 1.03. The number of ether oxygens (including phenoxy) is 2. The first-order valence-electron chi connectivity index (χ1n) is 8.37. The number of hydrogen-bond donors (Lipinski definition) is 3. The zero-order valence-corrected chi connectivity index (χ0v) is 14.4. The van der Waals surface area contributed by atoms with E-state index in [2.05, 4.69) is 34.7 Å². The van der Waals surface area contributed by atoms with Crippen molar-refractivity contribution in [3.05, 3.63) is 35.9 Å². The van der Waals surface area contributed by atoms with E-state index in [1.54, 1.807) is 7.11 Å². The van der Waals surface area contributed by atoms with Gasteiger partial charge in [-0.3, -0.25) is 0 Å². The molecule has 0 atom stereocenters. The Morgan fingerprint density at radius 2 is 2.08 bits per heavy atom. The highest BCUT2D eigenvalue weighted by Gasteiger charge is 2.11. The van der Waals surface area contributed by atoms with Crippen molar-refractivity contribution in [2.75, 3.05) is 26.9 Å². The van der Waals surface area contributed by atoms with Crippen LogP contribution in [0.1, 0.15) is 25.3 Å². The lowest BCUT2D eigenvalue weighted by Gasteiger charge is -2.17. The Morgan fingerprint density at radius 3 is 2.75 bits per heavy atom. The highest BCUT2D eigenvalue weighted by molar-refractivity contribution is 5.80. The Labute approximate surface area is 143 Å². The Bertz CT molecular complexity index is 565. The lowest BCUT2D eigenvalue weighted by Crippen LogP contribution is -2.42. The lowest BCUT2D eigenvalue weighted by atomic mass is 10.2. The molecule has 0 saturated carbocycles. The van der Waals surface area contributed by atoms with Gasteiger partial charge in [0, 0.05) is 12.6 Å². The van der Waals surface area contributed by atoms with Crippen LogP contribution in [0.15, 0.2) is 35.3 Å². The highest BCUT2D eigenvalue weighted by atomic mass is 16.5. The SMILES string of the molecule is CCNC(=NCc1ccc(OCCO)c(OC)c1)NC1CC=CC1.